The molecule has 2 aromatic carbocycles. The molecule has 0 radical (unpaired) electrons. The van der Waals surface area contributed by atoms with E-state index in [0.717, 1.165) is 24.0 Å². The number of hydrogen-bond acceptors (Lipinski definition) is 3. The van der Waals surface area contributed by atoms with Gasteiger partial charge >= 0.3 is 0 Å². The van der Waals surface area contributed by atoms with E-state index in [9.17, 15) is 15.0 Å². The average molecular weight is 340 g/mol. The third-order valence-corrected chi connectivity index (χ3v) is 4.50. The molecule has 0 aromatic heterocycles. The zero-order chi connectivity index (χ0) is 18.1. The molecule has 0 aliphatic rings. The summed E-state index contributed by atoms with van der Waals surface area (Å²) in [6, 6.07) is 11.9. The fourth-order valence-corrected chi connectivity index (χ4v) is 2.97. The van der Waals surface area contributed by atoms with Crippen LogP contribution < -0.4 is 0 Å². The Balaban J connectivity index is 1.93. The number of phenols is 2. The molecule has 0 amide bonds. The molecule has 0 heterocycles. The lowest BCUT2D eigenvalue weighted by Crippen LogP contribution is -2.00. The second-order valence-corrected chi connectivity index (χ2v) is 6.57. The van der Waals surface area contributed by atoms with Crippen molar-refractivity contribution in [3.8, 4) is 22.6 Å². The summed E-state index contributed by atoms with van der Waals surface area (Å²) in [6.07, 6.45) is 8.63. The fourth-order valence-electron chi connectivity index (χ4n) is 2.97. The van der Waals surface area contributed by atoms with Crippen molar-refractivity contribution in [2.24, 2.45) is 0 Å². The molecule has 2 rings (SSSR count). The van der Waals surface area contributed by atoms with Gasteiger partial charge in [-0.3, -0.25) is 4.79 Å². The van der Waals surface area contributed by atoms with Gasteiger partial charge in [0.15, 0.2) is 5.78 Å². The van der Waals surface area contributed by atoms with Crippen LogP contribution in [-0.4, -0.2) is 16.0 Å². The van der Waals surface area contributed by atoms with Crippen LogP contribution in [-0.2, 0) is 0 Å². The van der Waals surface area contributed by atoms with Crippen molar-refractivity contribution in [1.29, 1.82) is 0 Å². The topological polar surface area (TPSA) is 57.5 Å². The van der Waals surface area contributed by atoms with E-state index in [4.69, 9.17) is 0 Å². The average Bonchev–Trinajstić information content (AvgIpc) is 2.62. The summed E-state index contributed by atoms with van der Waals surface area (Å²) in [6.45, 7) is 2.21. The molecule has 0 atom stereocenters. The summed E-state index contributed by atoms with van der Waals surface area (Å²) in [5.74, 6) is 0.236. The largest absolute Gasteiger partial charge is 0.508 e. The highest BCUT2D eigenvalue weighted by molar-refractivity contribution is 5.99. The SMILES string of the molecule is CCCCCCCCCC(=O)c1cc(-c2ccc(O)cc2)ccc1O. The van der Waals surface area contributed by atoms with Crippen molar-refractivity contribution >= 4 is 5.78 Å². The summed E-state index contributed by atoms with van der Waals surface area (Å²) in [5.41, 5.74) is 2.15. The maximum Gasteiger partial charge on any atom is 0.166 e. The van der Waals surface area contributed by atoms with Crippen LogP contribution in [0.4, 0.5) is 0 Å². The predicted octanol–water partition coefficient (Wildman–Crippen LogP) is 6.09. The van der Waals surface area contributed by atoms with E-state index < -0.39 is 0 Å². The van der Waals surface area contributed by atoms with Crippen molar-refractivity contribution in [2.75, 3.05) is 0 Å². The lowest BCUT2D eigenvalue weighted by Gasteiger charge is -2.08. The van der Waals surface area contributed by atoms with E-state index in [1.54, 1.807) is 42.5 Å². The van der Waals surface area contributed by atoms with Gasteiger partial charge in [-0.25, -0.2) is 0 Å². The zero-order valence-electron chi connectivity index (χ0n) is 15.0. The number of phenolic OH excluding ortho intramolecular Hbond substituents is 2. The molecule has 0 aliphatic carbocycles. The molecule has 0 aliphatic heterocycles. The van der Waals surface area contributed by atoms with E-state index in [0.29, 0.717) is 12.0 Å². The lowest BCUT2D eigenvalue weighted by molar-refractivity contribution is 0.0976. The first-order valence-electron chi connectivity index (χ1n) is 9.27. The van der Waals surface area contributed by atoms with Crippen LogP contribution in [0.5, 0.6) is 11.5 Å². The highest BCUT2D eigenvalue weighted by Crippen LogP contribution is 2.28. The van der Waals surface area contributed by atoms with Crippen molar-refractivity contribution in [1.82, 2.24) is 0 Å². The molecule has 0 unspecified atom stereocenters. The molecule has 25 heavy (non-hydrogen) atoms. The van der Waals surface area contributed by atoms with E-state index >= 15 is 0 Å². The monoisotopic (exact) mass is 340 g/mol. The van der Waals surface area contributed by atoms with Crippen molar-refractivity contribution in [3.05, 3.63) is 48.0 Å². The Morgan fingerprint density at radius 2 is 1.40 bits per heavy atom. The van der Waals surface area contributed by atoms with Crippen LogP contribution >= 0.6 is 0 Å². The van der Waals surface area contributed by atoms with Crippen LogP contribution in [0, 0.1) is 0 Å². The zero-order valence-corrected chi connectivity index (χ0v) is 15.0. The normalized spacial score (nSPS) is 10.8. The van der Waals surface area contributed by atoms with Gasteiger partial charge in [0.2, 0.25) is 0 Å². The summed E-state index contributed by atoms with van der Waals surface area (Å²) in [4.78, 5) is 12.4. The number of carbonyl (C=O) groups excluding carboxylic acids is 1. The third-order valence-electron chi connectivity index (χ3n) is 4.50. The first-order chi connectivity index (χ1) is 12.1. The molecule has 0 saturated heterocycles. The Bertz CT molecular complexity index is 674. The minimum absolute atomic E-state index is 0.00770. The van der Waals surface area contributed by atoms with Gasteiger partial charge < -0.3 is 10.2 Å². The maximum absolute atomic E-state index is 12.4. The van der Waals surface area contributed by atoms with Gasteiger partial charge in [0, 0.05) is 6.42 Å². The van der Waals surface area contributed by atoms with Crippen LogP contribution in [0.1, 0.15) is 68.6 Å². The van der Waals surface area contributed by atoms with Crippen LogP contribution in [0.25, 0.3) is 11.1 Å². The molecule has 3 heteroatoms. The summed E-state index contributed by atoms with van der Waals surface area (Å²) in [5, 5.41) is 19.4. The van der Waals surface area contributed by atoms with Gasteiger partial charge in [0.1, 0.15) is 11.5 Å². The van der Waals surface area contributed by atoms with Crippen LogP contribution in [0.15, 0.2) is 42.5 Å². The van der Waals surface area contributed by atoms with Gasteiger partial charge in [-0.2, -0.15) is 0 Å². The minimum atomic E-state index is -0.00770. The molecule has 0 saturated carbocycles. The quantitative estimate of drug-likeness (QED) is 0.406. The summed E-state index contributed by atoms with van der Waals surface area (Å²) in [7, 11) is 0. The molecule has 2 aromatic rings. The molecule has 0 spiro atoms. The van der Waals surface area contributed by atoms with Gasteiger partial charge in [-0.15, -0.1) is 0 Å². The van der Waals surface area contributed by atoms with E-state index in [-0.39, 0.29) is 17.3 Å². The van der Waals surface area contributed by atoms with Gasteiger partial charge in [-0.05, 0) is 41.8 Å². The minimum Gasteiger partial charge on any atom is -0.508 e. The molecule has 0 bridgehead atoms. The summed E-state index contributed by atoms with van der Waals surface area (Å²) < 4.78 is 0. The third kappa shape index (κ3) is 5.93. The number of carbonyl (C=O) groups is 1. The van der Waals surface area contributed by atoms with Crippen molar-refractivity contribution < 1.29 is 15.0 Å². The number of rotatable bonds is 10. The standard InChI is InChI=1S/C22H28O3/c1-2-3-4-5-6-7-8-9-21(24)20-16-18(12-15-22(20)25)17-10-13-19(23)14-11-17/h10-16,23,25H,2-9H2,1H3. The van der Waals surface area contributed by atoms with E-state index in [2.05, 4.69) is 6.92 Å². The summed E-state index contributed by atoms with van der Waals surface area (Å²) >= 11 is 0. The highest BCUT2D eigenvalue weighted by atomic mass is 16.3. The molecule has 134 valence electrons. The second kappa shape index (κ2) is 9.87. The number of unbranched alkanes of at least 4 members (excludes halogenated alkanes) is 6. The number of benzene rings is 2. The van der Waals surface area contributed by atoms with Gasteiger partial charge in [0.25, 0.3) is 0 Å². The second-order valence-electron chi connectivity index (χ2n) is 6.57. The first-order valence-corrected chi connectivity index (χ1v) is 9.27. The number of hydrogen-bond donors (Lipinski definition) is 2. The van der Waals surface area contributed by atoms with Gasteiger partial charge in [-0.1, -0.05) is 63.6 Å². The molecular formula is C22H28O3. The van der Waals surface area contributed by atoms with E-state index in [1.807, 2.05) is 0 Å². The fraction of sp³-hybridized carbons (Fsp3) is 0.409. The maximum atomic E-state index is 12.4. The Morgan fingerprint density at radius 3 is 2.08 bits per heavy atom. The Kier molecular flexibility index (Phi) is 7.52. The Hall–Kier alpha value is -2.29. The number of Topliss-reactive ketones (excluding diaryl/α,β-unsaturated/α-hetero) is 1. The van der Waals surface area contributed by atoms with Crippen molar-refractivity contribution in [3.63, 3.8) is 0 Å². The smallest absolute Gasteiger partial charge is 0.166 e. The molecule has 3 nitrogen and oxygen atoms in total. The lowest BCUT2D eigenvalue weighted by atomic mass is 9.97. The molecular weight excluding hydrogens is 312 g/mol. The van der Waals surface area contributed by atoms with Crippen LogP contribution in [0.2, 0.25) is 0 Å². The van der Waals surface area contributed by atoms with Gasteiger partial charge in [0.05, 0.1) is 5.56 Å². The van der Waals surface area contributed by atoms with E-state index in [1.165, 1.54) is 32.1 Å². The first kappa shape index (κ1) is 19.0. The Labute approximate surface area is 150 Å². The Morgan fingerprint density at radius 1 is 0.800 bits per heavy atom. The highest BCUT2D eigenvalue weighted by Gasteiger charge is 2.12. The molecule has 0 fully saturated rings. The number of aromatic hydroxyl groups is 2. The van der Waals surface area contributed by atoms with Crippen LogP contribution in [0.3, 0.4) is 0 Å². The predicted molar refractivity (Wildman–Crippen MR) is 102 cm³/mol. The van der Waals surface area contributed by atoms with Crippen molar-refractivity contribution in [2.45, 2.75) is 58.3 Å². The number of ketones is 1. The molecule has 2 N–H and O–H groups in total.